The number of urea groups is 1. The van der Waals surface area contributed by atoms with Crippen molar-refractivity contribution >= 4 is 56.5 Å². The number of pyridine rings is 1. The minimum Gasteiger partial charge on any atom is -0.457 e. The molecule has 4 amide bonds. The van der Waals surface area contributed by atoms with Gasteiger partial charge in [-0.2, -0.15) is 5.26 Å². The first-order valence-electron chi connectivity index (χ1n) is 17.3. The molecule has 11 nitrogen and oxygen atoms in total. The van der Waals surface area contributed by atoms with Crippen molar-refractivity contribution < 1.29 is 23.9 Å². The van der Waals surface area contributed by atoms with E-state index in [4.69, 9.17) is 9.47 Å². The van der Waals surface area contributed by atoms with Crippen LogP contribution in [0.1, 0.15) is 54.8 Å². The van der Waals surface area contributed by atoms with Gasteiger partial charge in [0, 0.05) is 38.5 Å². The Bertz CT molecular complexity index is 2060. The van der Waals surface area contributed by atoms with E-state index in [1.54, 1.807) is 22.1 Å². The zero-order valence-corrected chi connectivity index (χ0v) is 29.7. The summed E-state index contributed by atoms with van der Waals surface area (Å²) in [4.78, 5) is 50.0. The fourth-order valence-electron chi connectivity index (χ4n) is 7.32. The molecule has 2 aromatic heterocycles. The molecule has 7 rings (SSSR count). The second kappa shape index (κ2) is 14.2. The maximum atomic E-state index is 13.8. The van der Waals surface area contributed by atoms with Gasteiger partial charge < -0.3 is 25.0 Å². The van der Waals surface area contributed by atoms with Gasteiger partial charge in [0.05, 0.1) is 22.4 Å². The Labute approximate surface area is 300 Å². The highest BCUT2D eigenvalue weighted by atomic mass is 32.1. The second-order valence-electron chi connectivity index (χ2n) is 13.9. The number of aryl methyl sites for hydroxylation is 1. The van der Waals surface area contributed by atoms with Gasteiger partial charge in [-0.05, 0) is 85.9 Å². The zero-order chi connectivity index (χ0) is 35.7. The van der Waals surface area contributed by atoms with Crippen LogP contribution in [0.5, 0.6) is 11.5 Å². The maximum absolute atomic E-state index is 13.8. The highest BCUT2D eigenvalue weighted by Crippen LogP contribution is 2.46. The van der Waals surface area contributed by atoms with Crippen molar-refractivity contribution in [1.82, 2.24) is 15.2 Å². The Morgan fingerprint density at radius 3 is 2.63 bits per heavy atom. The van der Waals surface area contributed by atoms with Gasteiger partial charge >= 0.3 is 6.03 Å². The molecule has 4 aromatic rings. The predicted octanol–water partition coefficient (Wildman–Crippen LogP) is 7.70. The number of aromatic nitrogens is 1. The molecule has 3 aliphatic heterocycles. The summed E-state index contributed by atoms with van der Waals surface area (Å²) in [6, 6.07) is 18.3. The minimum atomic E-state index is -0.392. The van der Waals surface area contributed by atoms with E-state index in [1.165, 1.54) is 11.3 Å². The van der Waals surface area contributed by atoms with Crippen molar-refractivity contribution in [1.29, 1.82) is 5.26 Å². The Hall–Kier alpha value is -5.25. The number of piperidine rings is 1. The summed E-state index contributed by atoms with van der Waals surface area (Å²) < 4.78 is 11.5. The normalized spacial score (nSPS) is 18.3. The number of nitrogens with one attached hydrogen (secondary N) is 2. The minimum absolute atomic E-state index is 0.131. The van der Waals surface area contributed by atoms with Crippen LogP contribution in [-0.2, 0) is 9.53 Å². The van der Waals surface area contributed by atoms with E-state index < -0.39 is 6.03 Å². The molecule has 0 saturated carbocycles. The van der Waals surface area contributed by atoms with Crippen LogP contribution in [0.2, 0.25) is 0 Å². The quantitative estimate of drug-likeness (QED) is 0.142. The maximum Gasteiger partial charge on any atom is 0.331 e. The zero-order valence-electron chi connectivity index (χ0n) is 28.9. The lowest BCUT2D eigenvalue weighted by molar-refractivity contribution is -0.128. The molecule has 0 spiro atoms. The van der Waals surface area contributed by atoms with Crippen LogP contribution < -0.4 is 20.3 Å². The van der Waals surface area contributed by atoms with E-state index in [1.807, 2.05) is 61.5 Å². The Morgan fingerprint density at radius 1 is 1.10 bits per heavy atom. The number of hydrogen-bond donors (Lipinski definition) is 2. The fraction of sp³-hybridized carbons (Fsp3) is 0.359. The lowest BCUT2D eigenvalue weighted by Crippen LogP contribution is -2.50. The number of nitriles is 1. The van der Waals surface area contributed by atoms with Gasteiger partial charge in [-0.25, -0.2) is 9.78 Å². The van der Waals surface area contributed by atoms with E-state index in [0.29, 0.717) is 82.2 Å². The van der Waals surface area contributed by atoms with E-state index in [9.17, 15) is 19.6 Å². The van der Waals surface area contributed by atoms with E-state index in [0.717, 1.165) is 18.4 Å². The summed E-state index contributed by atoms with van der Waals surface area (Å²) in [6.07, 6.45) is 6.61. The van der Waals surface area contributed by atoms with Crippen LogP contribution in [0, 0.1) is 29.6 Å². The molecular weight excluding hydrogens is 665 g/mol. The van der Waals surface area contributed by atoms with Gasteiger partial charge in [-0.1, -0.05) is 38.1 Å². The van der Waals surface area contributed by atoms with Crippen molar-refractivity contribution in [2.45, 2.75) is 52.5 Å². The van der Waals surface area contributed by atoms with Gasteiger partial charge in [-0.15, -0.1) is 11.3 Å². The van der Waals surface area contributed by atoms with Gasteiger partial charge in [0.15, 0.2) is 0 Å². The van der Waals surface area contributed by atoms with Gasteiger partial charge in [0.2, 0.25) is 0 Å². The molecule has 3 aliphatic rings. The van der Waals surface area contributed by atoms with Gasteiger partial charge in [0.25, 0.3) is 11.8 Å². The number of hydrogen-bond acceptors (Lipinski definition) is 8. The number of anilines is 3. The molecule has 5 heterocycles. The van der Waals surface area contributed by atoms with Crippen LogP contribution in [0.25, 0.3) is 10.2 Å². The smallest absolute Gasteiger partial charge is 0.331 e. The van der Waals surface area contributed by atoms with Gasteiger partial charge in [0.1, 0.15) is 32.8 Å². The molecule has 2 saturated heterocycles. The Morgan fingerprint density at radius 2 is 1.88 bits per heavy atom. The lowest BCUT2D eigenvalue weighted by Gasteiger charge is -2.36. The average Bonchev–Trinajstić information content (AvgIpc) is 3.51. The third kappa shape index (κ3) is 6.92. The summed E-state index contributed by atoms with van der Waals surface area (Å²) >= 11 is 1.22. The second-order valence-corrected chi connectivity index (χ2v) is 14.9. The highest BCUT2D eigenvalue weighted by molar-refractivity contribution is 7.21. The number of para-hydroxylation sites is 1. The Balaban J connectivity index is 1.08. The number of benzene rings is 2. The number of thiophene rings is 1. The summed E-state index contributed by atoms with van der Waals surface area (Å²) in [5, 5.41) is 16.8. The van der Waals surface area contributed by atoms with Crippen molar-refractivity contribution in [3.63, 3.8) is 0 Å². The molecule has 2 aromatic carbocycles. The predicted molar refractivity (Wildman–Crippen MR) is 197 cm³/mol. The SMILES string of the molecule is Cc1cc(Oc2ccccc2)ccc1N1C(=O)Nc2c(C(=O)N[C@@H]3CCCN(C(=O)/C(C#N)=C/C(C)(C)C4CCOCC4)C3)sc3nccc1c23. The third-order valence-electron chi connectivity index (χ3n) is 10.0. The molecule has 12 heteroatoms. The van der Waals surface area contributed by atoms with E-state index in [-0.39, 0.29) is 35.4 Å². The summed E-state index contributed by atoms with van der Waals surface area (Å²) in [6.45, 7) is 8.23. The number of nitrogens with zero attached hydrogens (tertiary/aromatic N) is 4. The van der Waals surface area contributed by atoms with E-state index >= 15 is 0 Å². The number of carbonyl (C=O) groups is 3. The topological polar surface area (TPSA) is 137 Å². The first-order chi connectivity index (χ1) is 24.6. The number of amides is 4. The fourth-order valence-corrected chi connectivity index (χ4v) is 8.35. The highest BCUT2D eigenvalue weighted by Gasteiger charge is 2.36. The molecule has 262 valence electrons. The van der Waals surface area contributed by atoms with Crippen molar-refractivity contribution in [2.24, 2.45) is 11.3 Å². The van der Waals surface area contributed by atoms with Crippen LogP contribution >= 0.6 is 11.3 Å². The largest absolute Gasteiger partial charge is 0.457 e. The monoisotopic (exact) mass is 704 g/mol. The molecule has 0 aliphatic carbocycles. The van der Waals surface area contributed by atoms with Crippen molar-refractivity contribution in [2.75, 3.05) is 36.5 Å². The molecule has 2 N–H and O–H groups in total. The number of carbonyl (C=O) groups excluding carboxylic acids is 3. The number of likely N-dealkylation sites (tertiary alicyclic amines) is 1. The molecule has 1 atom stereocenters. The number of ether oxygens (including phenoxy) is 2. The van der Waals surface area contributed by atoms with E-state index in [2.05, 4.69) is 35.5 Å². The van der Waals surface area contributed by atoms with Crippen LogP contribution in [0.4, 0.5) is 21.9 Å². The standard InChI is InChI=1S/C39H40N6O5S/c1-24-20-29(50-28-9-5-4-6-10-28)11-12-30(24)45-31-13-16-41-36-32(31)33(43-38(45)48)34(51-36)35(46)42-27-8-7-17-44(23-27)37(47)25(22-40)21-39(2,3)26-14-18-49-19-15-26/h4-6,9-13,16,20-21,26-27H,7-8,14-15,17-19,23H2,1-3H3,(H,42,46)(H,43,48)/b25-21+/t27-/m1/s1. The summed E-state index contributed by atoms with van der Waals surface area (Å²) in [7, 11) is 0. The molecule has 51 heavy (non-hydrogen) atoms. The molecule has 0 bridgehead atoms. The number of rotatable bonds is 8. The van der Waals surface area contributed by atoms with Crippen LogP contribution in [-0.4, -0.2) is 60.1 Å². The lowest BCUT2D eigenvalue weighted by atomic mass is 9.73. The molecule has 2 fully saturated rings. The van der Waals surface area contributed by atoms with Crippen LogP contribution in [0.3, 0.4) is 0 Å². The van der Waals surface area contributed by atoms with Crippen LogP contribution in [0.15, 0.2) is 72.4 Å². The first-order valence-corrected chi connectivity index (χ1v) is 18.1. The molecule has 0 radical (unpaired) electrons. The first kappa shape index (κ1) is 34.2. The number of allylic oxidation sites excluding steroid dienone is 1. The molecular formula is C39H40N6O5S. The van der Waals surface area contributed by atoms with Crippen molar-refractivity contribution in [3.05, 3.63) is 82.9 Å². The Kier molecular flexibility index (Phi) is 9.50. The van der Waals surface area contributed by atoms with Crippen molar-refractivity contribution in [3.8, 4) is 17.6 Å². The summed E-state index contributed by atoms with van der Waals surface area (Å²) in [5.74, 6) is 1.03. The third-order valence-corrected chi connectivity index (χ3v) is 11.1. The average molecular weight is 705 g/mol. The molecule has 0 unspecified atom stereocenters. The van der Waals surface area contributed by atoms with Gasteiger partial charge in [-0.3, -0.25) is 14.5 Å². The summed E-state index contributed by atoms with van der Waals surface area (Å²) in [5.41, 5.74) is 2.36.